The monoisotopic (exact) mass is 1030 g/mol. The van der Waals surface area contributed by atoms with E-state index in [0.717, 1.165) is 23.9 Å². The highest BCUT2D eigenvalue weighted by molar-refractivity contribution is 8.13. The number of carbonyl (C=O) groups is 9. The average Bonchev–Trinajstić information content (AvgIpc) is 3.31. The smallest absolute Gasteiger partial charge is 0.329 e. The van der Waals surface area contributed by atoms with Crippen molar-refractivity contribution in [1.29, 1.82) is 0 Å². The molecule has 0 spiro atoms. The summed E-state index contributed by atoms with van der Waals surface area (Å²) in [4.78, 5) is 121. The van der Waals surface area contributed by atoms with Gasteiger partial charge in [-0.1, -0.05) is 63.8 Å². The van der Waals surface area contributed by atoms with Crippen LogP contribution in [0.15, 0.2) is 72.1 Å². The van der Waals surface area contributed by atoms with E-state index in [-0.39, 0.29) is 59.7 Å². The molecule has 384 valence electrons. The van der Waals surface area contributed by atoms with E-state index >= 15 is 0 Å². The standard InChI is InChI=1S/C25H31FN4O6S.C23H29FN4O5S/c1-5-19-23(33)30-21(14(2)3)25(35)36-17(8-6-7-11-37-15(4)31)12-20(32)27-13-16-9-10-18(26)22(28-16)24(34)29-19;1-4-17-21(30)28-19(13(2)3)23(32)33-15(7-5-6-10-34)11-18(29)25-12-14-8-9-16(24)20(26-14)22(31)27-17/h5-6,8-10,14,17,21H,7,11-13H2,1-4H3,(H,27,32)(H,29,34)(H,30,33);4-5,7-9,13,15,19,34H,6,10-12H2,1-3H3,(H,25,29)(H,27,31)(H,28,30)/b8-6+,19-5-;7-5+,17-4-/t17-,21+;15-,19+/m11/s1. The van der Waals surface area contributed by atoms with Crippen LogP contribution in [0.1, 0.15) is 107 Å². The number of hydrogen-bond donors (Lipinski definition) is 7. The quantitative estimate of drug-likeness (QED) is 0.0617. The molecule has 4 atom stereocenters. The molecule has 4 bridgehead atoms. The first-order valence-corrected chi connectivity index (χ1v) is 24.2. The highest BCUT2D eigenvalue weighted by atomic mass is 32.2. The van der Waals surface area contributed by atoms with Gasteiger partial charge in [0.05, 0.1) is 37.3 Å². The number of carbonyl (C=O) groups excluding carboxylic acids is 9. The van der Waals surface area contributed by atoms with E-state index in [9.17, 15) is 51.9 Å². The van der Waals surface area contributed by atoms with Crippen molar-refractivity contribution in [1.82, 2.24) is 41.9 Å². The van der Waals surface area contributed by atoms with Crippen LogP contribution in [-0.4, -0.2) is 98.3 Å². The maximum absolute atomic E-state index is 14.3. The van der Waals surface area contributed by atoms with Crippen molar-refractivity contribution in [3.63, 3.8) is 0 Å². The fourth-order valence-electron chi connectivity index (χ4n) is 6.27. The summed E-state index contributed by atoms with van der Waals surface area (Å²) in [6.07, 6.45) is 8.15. The van der Waals surface area contributed by atoms with Crippen molar-refractivity contribution in [2.45, 2.75) is 112 Å². The zero-order valence-electron chi connectivity index (χ0n) is 40.4. The van der Waals surface area contributed by atoms with Gasteiger partial charge in [-0.05, 0) is 80.7 Å². The first-order valence-electron chi connectivity index (χ1n) is 22.6. The molecular weight excluding hydrogens is 967 g/mol. The normalized spacial score (nSPS) is 21.4. The number of nitrogens with zero attached hydrogens (tertiary/aromatic N) is 2. The number of aromatic nitrogens is 2. The first kappa shape index (κ1) is 58.6. The first-order chi connectivity index (χ1) is 33.7. The molecule has 19 nitrogen and oxygen atoms in total. The van der Waals surface area contributed by atoms with Gasteiger partial charge >= 0.3 is 11.9 Å². The molecule has 2 aliphatic rings. The Hall–Kier alpha value is -6.75. The van der Waals surface area contributed by atoms with E-state index in [1.54, 1.807) is 52.0 Å². The maximum Gasteiger partial charge on any atom is 0.329 e. The van der Waals surface area contributed by atoms with Gasteiger partial charge in [-0.25, -0.2) is 28.3 Å². The molecule has 0 fully saturated rings. The third-order valence-electron chi connectivity index (χ3n) is 10.0. The Morgan fingerprint density at radius 1 is 0.690 bits per heavy atom. The summed E-state index contributed by atoms with van der Waals surface area (Å²) in [6, 6.07) is 2.59. The highest BCUT2D eigenvalue weighted by Gasteiger charge is 2.32. The fraction of sp³-hybridized carbons (Fsp3) is 0.438. The lowest BCUT2D eigenvalue weighted by molar-refractivity contribution is -0.153. The number of amides is 6. The lowest BCUT2D eigenvalue weighted by atomic mass is 10.0. The number of thiol groups is 1. The van der Waals surface area contributed by atoms with Gasteiger partial charge in [0, 0.05) is 12.7 Å². The van der Waals surface area contributed by atoms with Gasteiger partial charge in [0.25, 0.3) is 23.6 Å². The van der Waals surface area contributed by atoms with Crippen LogP contribution in [0.25, 0.3) is 0 Å². The summed E-state index contributed by atoms with van der Waals surface area (Å²) < 4.78 is 39.7. The van der Waals surface area contributed by atoms with E-state index in [1.165, 1.54) is 45.1 Å². The second kappa shape index (κ2) is 29.4. The number of hydrogen-bond acceptors (Lipinski definition) is 15. The van der Waals surface area contributed by atoms with Gasteiger partial charge in [-0.2, -0.15) is 12.6 Å². The average molecular weight is 1030 g/mol. The van der Waals surface area contributed by atoms with Gasteiger partial charge in [-0.3, -0.25) is 33.6 Å². The number of halogens is 2. The van der Waals surface area contributed by atoms with Crippen LogP contribution in [0.5, 0.6) is 0 Å². The molecule has 2 aromatic rings. The minimum absolute atomic E-state index is 0.0197. The molecule has 0 aromatic carbocycles. The van der Waals surface area contributed by atoms with Crippen molar-refractivity contribution >= 4 is 76.9 Å². The predicted molar refractivity (Wildman–Crippen MR) is 262 cm³/mol. The lowest BCUT2D eigenvalue weighted by Crippen LogP contribution is -2.48. The molecule has 0 radical (unpaired) electrons. The minimum atomic E-state index is -1.10. The number of nitrogens with one attached hydrogen (secondary N) is 6. The summed E-state index contributed by atoms with van der Waals surface area (Å²) in [5.74, 6) is -7.31. The second-order valence-electron chi connectivity index (χ2n) is 16.4. The number of allylic oxidation sites excluding steroid dienone is 4. The maximum atomic E-state index is 14.3. The number of fused-ring (bicyclic) bond motifs is 4. The molecule has 2 aliphatic heterocycles. The molecule has 0 aliphatic carbocycles. The van der Waals surface area contributed by atoms with Crippen molar-refractivity contribution in [3.05, 3.63) is 107 Å². The molecule has 4 rings (SSSR count). The topological polar surface area (TPSA) is 270 Å². The molecule has 0 unspecified atom stereocenters. The van der Waals surface area contributed by atoms with Crippen LogP contribution in [-0.2, 0) is 56.1 Å². The Kier molecular flexibility index (Phi) is 24.3. The van der Waals surface area contributed by atoms with Gasteiger partial charge in [0.15, 0.2) is 28.1 Å². The molecule has 0 saturated carbocycles. The summed E-state index contributed by atoms with van der Waals surface area (Å²) in [6.45, 7) is 11.1. The van der Waals surface area contributed by atoms with E-state index in [1.807, 2.05) is 0 Å². The van der Waals surface area contributed by atoms with Crippen LogP contribution in [0, 0.1) is 23.5 Å². The Labute approximate surface area is 420 Å². The Morgan fingerprint density at radius 3 is 1.46 bits per heavy atom. The summed E-state index contributed by atoms with van der Waals surface area (Å²) >= 11 is 5.29. The molecule has 2 aromatic heterocycles. The molecule has 0 saturated heterocycles. The SMILES string of the molecule is C/C=C1\NC(=O)c2nc(ccc2F)CNC(=O)C[C@@H](/C=C/CCS)OC(=O)[C@H](C(C)C)NC1=O.C/C=C1\NC(=O)c2nc(ccc2F)CNC(=O)C[C@@H](/C=C/CCSC(C)=O)OC(=O)[C@H](C(C)C)NC1=O. The van der Waals surface area contributed by atoms with Crippen LogP contribution < -0.4 is 31.9 Å². The van der Waals surface area contributed by atoms with Gasteiger partial charge in [-0.15, -0.1) is 0 Å². The third-order valence-corrected chi connectivity index (χ3v) is 11.1. The van der Waals surface area contributed by atoms with Crippen molar-refractivity contribution in [2.24, 2.45) is 11.8 Å². The lowest BCUT2D eigenvalue weighted by Gasteiger charge is -2.24. The number of rotatable bonds is 9. The van der Waals surface area contributed by atoms with Crippen molar-refractivity contribution in [3.8, 4) is 0 Å². The fourth-order valence-corrected chi connectivity index (χ4v) is 6.96. The van der Waals surface area contributed by atoms with Gasteiger partial charge in [0.2, 0.25) is 11.8 Å². The van der Waals surface area contributed by atoms with Crippen LogP contribution in [0.3, 0.4) is 0 Å². The van der Waals surface area contributed by atoms with E-state index in [4.69, 9.17) is 9.47 Å². The van der Waals surface area contributed by atoms with E-state index in [2.05, 4.69) is 54.5 Å². The largest absolute Gasteiger partial charge is 0.456 e. The molecule has 6 amide bonds. The van der Waals surface area contributed by atoms with Crippen molar-refractivity contribution < 1.29 is 61.4 Å². The molecule has 6 N–H and O–H groups in total. The number of pyridine rings is 2. The minimum Gasteiger partial charge on any atom is -0.456 e. The number of esters is 2. The Bertz CT molecular complexity index is 2430. The molecular formula is C48H60F2N8O11S2. The molecule has 23 heteroatoms. The molecule has 71 heavy (non-hydrogen) atoms. The predicted octanol–water partition coefficient (Wildman–Crippen LogP) is 3.96. The second-order valence-corrected chi connectivity index (χ2v) is 18.1. The number of thioether (sulfide) groups is 1. The van der Waals surface area contributed by atoms with Crippen LogP contribution in [0.2, 0.25) is 0 Å². The number of cyclic esters (lactones) is 2. The van der Waals surface area contributed by atoms with Crippen LogP contribution in [0.4, 0.5) is 8.78 Å². The van der Waals surface area contributed by atoms with Crippen molar-refractivity contribution in [2.75, 3.05) is 11.5 Å². The Morgan fingerprint density at radius 2 is 1.10 bits per heavy atom. The summed E-state index contributed by atoms with van der Waals surface area (Å²) in [5, 5.41) is 14.9. The summed E-state index contributed by atoms with van der Waals surface area (Å²) in [7, 11) is 0. The van der Waals surface area contributed by atoms with E-state index < -0.39 is 101 Å². The number of ether oxygens (including phenoxy) is 2. The summed E-state index contributed by atoms with van der Waals surface area (Å²) in [5.41, 5.74) is -1.01. The van der Waals surface area contributed by atoms with E-state index in [0.29, 0.717) is 24.3 Å². The highest BCUT2D eigenvalue weighted by Crippen LogP contribution is 2.16. The molecule has 4 heterocycles. The van der Waals surface area contributed by atoms with Gasteiger partial charge < -0.3 is 41.4 Å². The zero-order chi connectivity index (χ0) is 52.8. The zero-order valence-corrected chi connectivity index (χ0v) is 42.1. The third kappa shape index (κ3) is 19.5. The Balaban J connectivity index is 0.000000377. The van der Waals surface area contributed by atoms with Crippen LogP contribution >= 0.6 is 24.4 Å². The van der Waals surface area contributed by atoms with Gasteiger partial charge in [0.1, 0.15) is 35.7 Å².